The highest BCUT2D eigenvalue weighted by atomic mass is 16.3. The number of hydrogen-bond acceptors (Lipinski definition) is 1. The quantitative estimate of drug-likeness (QED) is 0.569. The Morgan fingerprint density at radius 2 is 1.60 bits per heavy atom. The van der Waals surface area contributed by atoms with E-state index in [4.69, 9.17) is 0 Å². The monoisotopic (exact) mass is 135 g/mol. The van der Waals surface area contributed by atoms with E-state index in [1.54, 1.807) is 13.8 Å². The van der Waals surface area contributed by atoms with Crippen molar-refractivity contribution in [1.82, 2.24) is 0 Å². The van der Waals surface area contributed by atoms with Gasteiger partial charge in [0.05, 0.1) is 0 Å². The molecule has 10 heavy (non-hydrogen) atoms. The molecule has 54 valence electrons. The van der Waals surface area contributed by atoms with Gasteiger partial charge in [0, 0.05) is 0 Å². The summed E-state index contributed by atoms with van der Waals surface area (Å²) < 4.78 is 0. The molecule has 0 heterocycles. The lowest BCUT2D eigenvalue weighted by atomic mass is 9.99. The van der Waals surface area contributed by atoms with Gasteiger partial charge >= 0.3 is 0 Å². The molecule has 0 aliphatic carbocycles. The highest BCUT2D eigenvalue weighted by Gasteiger charge is 2.02. The molecule has 1 nitrogen and oxygen atoms in total. The second kappa shape index (κ2) is 2.43. The molecule has 0 saturated heterocycles. The van der Waals surface area contributed by atoms with Crippen LogP contribution in [0, 0.1) is 0 Å². The van der Waals surface area contributed by atoms with Gasteiger partial charge in [0.15, 0.2) is 0 Å². The summed E-state index contributed by atoms with van der Waals surface area (Å²) in [5, 5.41) is 11.3. The van der Waals surface area contributed by atoms with E-state index in [2.05, 4.69) is 0 Å². The first-order valence-electron chi connectivity index (χ1n) is 3.36. The van der Waals surface area contributed by atoms with Crippen molar-refractivity contribution in [3.63, 3.8) is 0 Å². The van der Waals surface area contributed by atoms with Crippen molar-refractivity contribution in [3.05, 3.63) is 35.9 Å². The van der Waals surface area contributed by atoms with Crippen molar-refractivity contribution in [3.8, 4) is 0 Å². The Bertz CT molecular complexity index is 196. The second-order valence-electron chi connectivity index (χ2n) is 2.88. The molecule has 0 spiro atoms. The van der Waals surface area contributed by atoms with Gasteiger partial charge in [-0.25, -0.2) is 0 Å². The first-order chi connectivity index (χ1) is 4.61. The van der Waals surface area contributed by atoms with Gasteiger partial charge < -0.3 is 5.11 Å². The van der Waals surface area contributed by atoms with E-state index in [-0.39, 0.29) is 0 Å². The van der Waals surface area contributed by atoms with Gasteiger partial charge in [0.25, 0.3) is 0 Å². The van der Waals surface area contributed by atoms with Crippen LogP contribution in [-0.2, 0) is 5.60 Å². The summed E-state index contributed by atoms with van der Waals surface area (Å²) in [6.45, 7) is 3.34. The molecule has 0 saturated carbocycles. The van der Waals surface area contributed by atoms with Crippen LogP contribution >= 0.6 is 0 Å². The minimum Gasteiger partial charge on any atom is -0.846 e. The van der Waals surface area contributed by atoms with E-state index in [1.807, 2.05) is 30.3 Å². The van der Waals surface area contributed by atoms with E-state index >= 15 is 0 Å². The average molecular weight is 135 g/mol. The standard InChI is InChI=1S/C9H11O/c1-9(2,10)8-6-4-3-5-7-8/h3-7H,1-2H3/q-1. The van der Waals surface area contributed by atoms with Crippen LogP contribution in [0.3, 0.4) is 0 Å². The first-order valence-corrected chi connectivity index (χ1v) is 3.36. The van der Waals surface area contributed by atoms with E-state index in [0.717, 1.165) is 5.56 Å². The average Bonchev–Trinajstić information content (AvgIpc) is 1.88. The lowest BCUT2D eigenvalue weighted by molar-refractivity contribution is -0.475. The Balaban J connectivity index is 2.97. The van der Waals surface area contributed by atoms with Crippen molar-refractivity contribution in [2.75, 3.05) is 0 Å². The van der Waals surface area contributed by atoms with Crippen molar-refractivity contribution < 1.29 is 5.11 Å². The van der Waals surface area contributed by atoms with Gasteiger partial charge in [-0.05, 0) is 0 Å². The lowest BCUT2D eigenvalue weighted by Gasteiger charge is -2.31. The smallest absolute Gasteiger partial charge is 0.0590 e. The summed E-state index contributed by atoms with van der Waals surface area (Å²) in [4.78, 5) is 0. The van der Waals surface area contributed by atoms with Gasteiger partial charge in [0.2, 0.25) is 0 Å². The van der Waals surface area contributed by atoms with E-state index in [0.29, 0.717) is 0 Å². The predicted octanol–water partition coefficient (Wildman–Crippen LogP) is 1.28. The van der Waals surface area contributed by atoms with Crippen LogP contribution in [0.15, 0.2) is 30.3 Å². The molecule has 0 amide bonds. The Labute approximate surface area is 61.3 Å². The largest absolute Gasteiger partial charge is 0.846 e. The Morgan fingerprint density at radius 1 is 1.10 bits per heavy atom. The lowest BCUT2D eigenvalue weighted by Crippen LogP contribution is -2.33. The zero-order valence-electron chi connectivity index (χ0n) is 6.29. The third kappa shape index (κ3) is 1.58. The topological polar surface area (TPSA) is 23.1 Å². The molecule has 1 rings (SSSR count). The molecule has 0 fully saturated rings. The molecule has 1 heteroatoms. The molecule has 0 bridgehead atoms. The SMILES string of the molecule is CC(C)([O-])c1ccccc1. The highest BCUT2D eigenvalue weighted by molar-refractivity contribution is 5.19. The minimum absolute atomic E-state index is 0.843. The Kier molecular flexibility index (Phi) is 1.77. The third-order valence-electron chi connectivity index (χ3n) is 1.47. The van der Waals surface area contributed by atoms with Crippen molar-refractivity contribution in [1.29, 1.82) is 0 Å². The van der Waals surface area contributed by atoms with Gasteiger partial charge in [-0.1, -0.05) is 55.3 Å². The zero-order chi connectivity index (χ0) is 7.61. The van der Waals surface area contributed by atoms with Crippen LogP contribution < -0.4 is 5.11 Å². The molecule has 0 aromatic heterocycles. The predicted molar refractivity (Wildman–Crippen MR) is 39.5 cm³/mol. The van der Waals surface area contributed by atoms with Gasteiger partial charge in [0.1, 0.15) is 0 Å². The fourth-order valence-corrected chi connectivity index (χ4v) is 0.840. The molecule has 0 radical (unpaired) electrons. The van der Waals surface area contributed by atoms with Crippen molar-refractivity contribution in [2.24, 2.45) is 0 Å². The van der Waals surface area contributed by atoms with Crippen LogP contribution in [-0.4, -0.2) is 0 Å². The van der Waals surface area contributed by atoms with Crippen LogP contribution in [0.1, 0.15) is 19.4 Å². The summed E-state index contributed by atoms with van der Waals surface area (Å²) >= 11 is 0. The van der Waals surface area contributed by atoms with Crippen LogP contribution in [0.25, 0.3) is 0 Å². The molecule has 0 unspecified atom stereocenters. The molecular weight excluding hydrogens is 124 g/mol. The maximum Gasteiger partial charge on any atom is -0.0590 e. The van der Waals surface area contributed by atoms with Crippen molar-refractivity contribution in [2.45, 2.75) is 19.4 Å². The van der Waals surface area contributed by atoms with Gasteiger partial charge in [-0.2, -0.15) is 0 Å². The van der Waals surface area contributed by atoms with E-state index in [9.17, 15) is 5.11 Å². The van der Waals surface area contributed by atoms with Crippen LogP contribution in [0.5, 0.6) is 0 Å². The van der Waals surface area contributed by atoms with E-state index < -0.39 is 5.60 Å². The maximum absolute atomic E-state index is 11.3. The second-order valence-corrected chi connectivity index (χ2v) is 2.88. The van der Waals surface area contributed by atoms with Gasteiger partial charge in [-0.15, -0.1) is 0 Å². The summed E-state index contributed by atoms with van der Waals surface area (Å²) in [6, 6.07) is 9.39. The number of benzene rings is 1. The van der Waals surface area contributed by atoms with Gasteiger partial charge in [-0.3, -0.25) is 0 Å². The molecule has 0 aliphatic heterocycles. The highest BCUT2D eigenvalue weighted by Crippen LogP contribution is 2.14. The molecule has 0 atom stereocenters. The number of hydrogen-bond donors (Lipinski definition) is 0. The Morgan fingerprint density at radius 3 is 1.90 bits per heavy atom. The summed E-state index contributed by atoms with van der Waals surface area (Å²) in [5.74, 6) is 0. The minimum atomic E-state index is -0.957. The summed E-state index contributed by atoms with van der Waals surface area (Å²) in [6.07, 6.45) is 0. The maximum atomic E-state index is 11.3. The van der Waals surface area contributed by atoms with Crippen LogP contribution in [0.2, 0.25) is 0 Å². The van der Waals surface area contributed by atoms with Crippen molar-refractivity contribution >= 4 is 0 Å². The third-order valence-corrected chi connectivity index (χ3v) is 1.47. The zero-order valence-corrected chi connectivity index (χ0v) is 6.29. The summed E-state index contributed by atoms with van der Waals surface area (Å²) in [5.41, 5.74) is -0.114. The molecular formula is C9H11O-. The first kappa shape index (κ1) is 7.29. The molecule has 1 aromatic carbocycles. The normalized spacial score (nSPS) is 11.5. The Hall–Kier alpha value is -0.820. The fraction of sp³-hybridized carbons (Fsp3) is 0.333. The number of rotatable bonds is 1. The summed E-state index contributed by atoms with van der Waals surface area (Å²) in [7, 11) is 0. The van der Waals surface area contributed by atoms with Crippen LogP contribution in [0.4, 0.5) is 0 Å². The molecule has 0 N–H and O–H groups in total. The van der Waals surface area contributed by atoms with E-state index in [1.165, 1.54) is 0 Å². The molecule has 0 aliphatic rings. The molecule has 1 aromatic rings. The fourth-order valence-electron chi connectivity index (χ4n) is 0.840.